The first kappa shape index (κ1) is 23.8. The number of nitriles is 1. The molecule has 9 nitrogen and oxygen atoms in total. The molecule has 1 amide bonds. The highest BCUT2D eigenvalue weighted by Crippen LogP contribution is 2.48. The summed E-state index contributed by atoms with van der Waals surface area (Å²) in [6, 6.07) is 6.18. The Balaban J connectivity index is 2.02. The zero-order chi connectivity index (χ0) is 24.3. The van der Waals surface area contributed by atoms with E-state index in [9.17, 15) is 23.2 Å². The molecule has 2 heterocycles. The quantitative estimate of drug-likeness (QED) is 0.644. The Morgan fingerprint density at radius 3 is 2.61 bits per heavy atom. The van der Waals surface area contributed by atoms with Gasteiger partial charge in [-0.05, 0) is 31.5 Å². The molecule has 2 aromatic rings. The van der Waals surface area contributed by atoms with Gasteiger partial charge in [-0.2, -0.15) is 18.4 Å². The van der Waals surface area contributed by atoms with Crippen molar-refractivity contribution in [1.29, 1.82) is 5.26 Å². The number of rotatable bonds is 7. The summed E-state index contributed by atoms with van der Waals surface area (Å²) in [6.07, 6.45) is -4.77. The van der Waals surface area contributed by atoms with E-state index < -0.39 is 17.8 Å². The van der Waals surface area contributed by atoms with Gasteiger partial charge in [0.15, 0.2) is 18.1 Å². The maximum absolute atomic E-state index is 13.6. The number of carbonyl (C=O) groups excluding carboxylic acids is 1. The van der Waals surface area contributed by atoms with Crippen LogP contribution in [0.25, 0.3) is 0 Å². The molecule has 0 radical (unpaired) electrons. The molecule has 1 atom stereocenters. The van der Waals surface area contributed by atoms with Gasteiger partial charge in [0.1, 0.15) is 17.3 Å². The summed E-state index contributed by atoms with van der Waals surface area (Å²) in [5.41, 5.74) is 4.34. The summed E-state index contributed by atoms with van der Waals surface area (Å²) < 4.78 is 56.9. The van der Waals surface area contributed by atoms with Gasteiger partial charge in [-0.25, -0.2) is 0 Å². The molecule has 1 aromatic heterocycles. The van der Waals surface area contributed by atoms with Gasteiger partial charge in [0.25, 0.3) is 5.91 Å². The van der Waals surface area contributed by atoms with Crippen LogP contribution < -0.4 is 19.9 Å². The Kier molecular flexibility index (Phi) is 6.71. The van der Waals surface area contributed by atoms with Crippen LogP contribution in [0.4, 0.5) is 13.2 Å². The van der Waals surface area contributed by atoms with E-state index in [0.29, 0.717) is 13.1 Å². The van der Waals surface area contributed by atoms with Crippen LogP contribution in [0.2, 0.25) is 0 Å². The molecular formula is C21H22F3N5O4. The number of likely N-dealkylation sites (N-methyl/N-ethyl adjacent to an activating group) is 1. The number of H-pyrrole nitrogens is 1. The molecule has 0 bridgehead atoms. The molecule has 3 rings (SSSR count). The molecule has 1 aliphatic rings. The molecule has 0 unspecified atom stereocenters. The number of aromatic amines is 1. The zero-order valence-electron chi connectivity index (χ0n) is 18.1. The van der Waals surface area contributed by atoms with E-state index in [-0.39, 0.29) is 52.5 Å². The molecule has 0 saturated carbocycles. The van der Waals surface area contributed by atoms with Crippen LogP contribution in [0.1, 0.15) is 36.6 Å². The minimum atomic E-state index is -4.77. The number of allylic oxidation sites excluding steroid dienone is 1. The molecule has 33 heavy (non-hydrogen) atoms. The van der Waals surface area contributed by atoms with Gasteiger partial charge in [-0.15, -0.1) is 5.10 Å². The van der Waals surface area contributed by atoms with Gasteiger partial charge in [0.05, 0.1) is 18.6 Å². The third-order valence-electron chi connectivity index (χ3n) is 5.21. The predicted octanol–water partition coefficient (Wildman–Crippen LogP) is 2.90. The predicted molar refractivity (Wildman–Crippen MR) is 109 cm³/mol. The van der Waals surface area contributed by atoms with Gasteiger partial charge < -0.3 is 24.8 Å². The number of amides is 1. The summed E-state index contributed by atoms with van der Waals surface area (Å²) in [7, 11) is 1.35. The Morgan fingerprint density at radius 2 is 2.03 bits per heavy atom. The minimum Gasteiger partial charge on any atom is -0.493 e. The molecule has 3 N–H and O–H groups in total. The third kappa shape index (κ3) is 4.52. The molecule has 0 aliphatic carbocycles. The standard InChI is InChI=1S/C21H22F3N5O4/c1-4-29(5-2)15(30)10-32-13-7-6-11(8-14(13)31-3)16-12(9-25)19(26)33-20-17(16)18(27-28-20)21(22,23)24/h6-8,16H,4-5,10,26H2,1-3H3,(H,27,28)/t16-/m1/s1. The lowest BCUT2D eigenvalue weighted by Crippen LogP contribution is -2.34. The van der Waals surface area contributed by atoms with Gasteiger partial charge in [-0.3, -0.25) is 9.89 Å². The number of ether oxygens (including phenoxy) is 3. The molecule has 0 saturated heterocycles. The molecule has 0 fully saturated rings. The lowest BCUT2D eigenvalue weighted by atomic mass is 9.83. The molecule has 1 aromatic carbocycles. The van der Waals surface area contributed by atoms with Gasteiger partial charge in [0.2, 0.25) is 11.8 Å². The fourth-order valence-corrected chi connectivity index (χ4v) is 3.58. The van der Waals surface area contributed by atoms with Crippen LogP contribution in [0, 0.1) is 11.3 Å². The summed E-state index contributed by atoms with van der Waals surface area (Å²) in [6.45, 7) is 4.50. The Morgan fingerprint density at radius 1 is 1.33 bits per heavy atom. The summed E-state index contributed by atoms with van der Waals surface area (Å²) in [5, 5.41) is 15.1. The monoisotopic (exact) mass is 465 g/mol. The van der Waals surface area contributed by atoms with Crippen LogP contribution in [0.15, 0.2) is 29.7 Å². The number of nitrogens with two attached hydrogens (primary N) is 1. The smallest absolute Gasteiger partial charge is 0.433 e. The van der Waals surface area contributed by atoms with Crippen LogP contribution in [0.3, 0.4) is 0 Å². The van der Waals surface area contributed by atoms with Crippen LogP contribution in [0.5, 0.6) is 17.4 Å². The normalized spacial score (nSPS) is 15.4. The first-order valence-electron chi connectivity index (χ1n) is 9.97. The molecule has 176 valence electrons. The van der Waals surface area contributed by atoms with E-state index in [4.69, 9.17) is 19.9 Å². The Labute approximate surface area is 187 Å². The van der Waals surface area contributed by atoms with Gasteiger partial charge in [-0.1, -0.05) is 6.07 Å². The highest BCUT2D eigenvalue weighted by Gasteiger charge is 2.44. The third-order valence-corrected chi connectivity index (χ3v) is 5.21. The number of hydrogen-bond acceptors (Lipinski definition) is 7. The van der Waals surface area contributed by atoms with E-state index in [1.165, 1.54) is 25.3 Å². The second-order valence-electron chi connectivity index (χ2n) is 7.00. The number of hydrogen-bond donors (Lipinski definition) is 2. The summed E-state index contributed by atoms with van der Waals surface area (Å²) in [4.78, 5) is 13.8. The summed E-state index contributed by atoms with van der Waals surface area (Å²) >= 11 is 0. The fourth-order valence-electron chi connectivity index (χ4n) is 3.58. The van der Waals surface area contributed by atoms with Crippen molar-refractivity contribution in [3.05, 3.63) is 46.5 Å². The number of alkyl halides is 3. The number of benzene rings is 1. The second kappa shape index (κ2) is 9.32. The maximum atomic E-state index is 13.6. The van der Waals surface area contributed by atoms with Crippen LogP contribution in [-0.4, -0.2) is 47.8 Å². The zero-order valence-corrected chi connectivity index (χ0v) is 18.1. The van der Waals surface area contributed by atoms with E-state index >= 15 is 0 Å². The SMILES string of the molecule is CCN(CC)C(=O)COc1ccc([C@@H]2C(C#N)=C(N)Oc3n[nH]c(C(F)(F)F)c32)cc1OC. The molecule has 0 spiro atoms. The first-order valence-corrected chi connectivity index (χ1v) is 9.97. The van der Waals surface area contributed by atoms with E-state index in [0.717, 1.165) is 0 Å². The van der Waals surface area contributed by atoms with Crippen molar-refractivity contribution in [2.45, 2.75) is 25.9 Å². The van der Waals surface area contributed by atoms with Crippen LogP contribution >= 0.6 is 0 Å². The van der Waals surface area contributed by atoms with Gasteiger partial charge in [0, 0.05) is 13.1 Å². The van der Waals surface area contributed by atoms with E-state index in [2.05, 4.69) is 5.10 Å². The lowest BCUT2D eigenvalue weighted by Gasteiger charge is -2.25. The van der Waals surface area contributed by atoms with Crippen molar-refractivity contribution in [2.75, 3.05) is 26.8 Å². The van der Waals surface area contributed by atoms with Crippen molar-refractivity contribution < 1.29 is 32.2 Å². The topological polar surface area (TPSA) is 126 Å². The lowest BCUT2D eigenvalue weighted by molar-refractivity contribution is -0.141. The Hall–Kier alpha value is -3.88. The van der Waals surface area contributed by atoms with Gasteiger partial charge >= 0.3 is 6.18 Å². The molecular weight excluding hydrogens is 443 g/mol. The second-order valence-corrected chi connectivity index (χ2v) is 7.00. The highest BCUT2D eigenvalue weighted by atomic mass is 19.4. The number of aromatic nitrogens is 2. The Bertz CT molecular complexity index is 1120. The van der Waals surface area contributed by atoms with Crippen molar-refractivity contribution in [1.82, 2.24) is 15.1 Å². The van der Waals surface area contributed by atoms with Crippen molar-refractivity contribution >= 4 is 5.91 Å². The van der Waals surface area contributed by atoms with Crippen molar-refractivity contribution in [3.63, 3.8) is 0 Å². The largest absolute Gasteiger partial charge is 0.493 e. The number of halogens is 3. The number of carbonyl (C=O) groups is 1. The average Bonchev–Trinajstić information content (AvgIpc) is 3.21. The van der Waals surface area contributed by atoms with Crippen molar-refractivity contribution in [2.24, 2.45) is 5.73 Å². The molecule has 12 heteroatoms. The fraction of sp³-hybridized carbons (Fsp3) is 0.381. The van der Waals surface area contributed by atoms with Crippen LogP contribution in [-0.2, 0) is 11.0 Å². The van der Waals surface area contributed by atoms with E-state index in [1.807, 2.05) is 25.0 Å². The average molecular weight is 465 g/mol. The molecule has 1 aliphatic heterocycles. The maximum Gasteiger partial charge on any atom is 0.433 e. The number of fused-ring (bicyclic) bond motifs is 1. The highest BCUT2D eigenvalue weighted by molar-refractivity contribution is 5.77. The first-order chi connectivity index (χ1) is 15.7. The minimum absolute atomic E-state index is 0.167. The van der Waals surface area contributed by atoms with Crippen molar-refractivity contribution in [3.8, 4) is 23.4 Å². The van der Waals surface area contributed by atoms with E-state index in [1.54, 1.807) is 4.90 Å². The number of nitrogens with zero attached hydrogens (tertiary/aromatic N) is 3. The summed E-state index contributed by atoms with van der Waals surface area (Å²) in [5.74, 6) is -1.77. The number of nitrogens with one attached hydrogen (secondary N) is 1. The number of methoxy groups -OCH3 is 1.